The summed E-state index contributed by atoms with van der Waals surface area (Å²) in [5.41, 5.74) is 2.25. The highest BCUT2D eigenvalue weighted by molar-refractivity contribution is 9.10. The van der Waals surface area contributed by atoms with Crippen molar-refractivity contribution >= 4 is 38.8 Å². The summed E-state index contributed by atoms with van der Waals surface area (Å²) >= 11 is 3.38. The average Bonchev–Trinajstić information content (AvgIpc) is 3.06. The Hall–Kier alpha value is -2.67. The molecule has 1 unspecified atom stereocenters. The van der Waals surface area contributed by atoms with Gasteiger partial charge >= 0.3 is 0 Å². The Morgan fingerprint density at radius 3 is 2.23 bits per heavy atom. The van der Waals surface area contributed by atoms with Crippen LogP contribution < -0.4 is 5.32 Å². The van der Waals surface area contributed by atoms with Crippen molar-refractivity contribution in [3.05, 3.63) is 64.4 Å². The van der Waals surface area contributed by atoms with Crippen molar-refractivity contribution in [3.8, 4) is 0 Å². The van der Waals surface area contributed by atoms with Gasteiger partial charge in [-0.25, -0.2) is 4.98 Å². The molecule has 2 aromatic carbocycles. The smallest absolute Gasteiger partial charge is 0.251 e. The van der Waals surface area contributed by atoms with Crippen LogP contribution in [0.1, 0.15) is 56.8 Å². The second kappa shape index (κ2) is 9.64. The first-order valence-electron chi connectivity index (χ1n) is 10.5. The first kappa shape index (κ1) is 23.0. The number of nitrogens with one attached hydrogen (secondary N) is 1. The molecule has 1 atom stereocenters. The molecule has 6 nitrogen and oxygen atoms in total. The third-order valence-electron chi connectivity index (χ3n) is 5.22. The molecule has 1 aromatic heterocycles. The Bertz CT molecular complexity index is 1060. The largest absolute Gasteiger partial charge is 0.342 e. The van der Waals surface area contributed by atoms with Gasteiger partial charge in [0.2, 0.25) is 5.91 Å². The van der Waals surface area contributed by atoms with Crippen LogP contribution in [0.5, 0.6) is 0 Å². The van der Waals surface area contributed by atoms with E-state index in [4.69, 9.17) is 4.98 Å². The van der Waals surface area contributed by atoms with Crippen LogP contribution in [0.2, 0.25) is 0 Å². The molecule has 31 heavy (non-hydrogen) atoms. The monoisotopic (exact) mass is 484 g/mol. The van der Waals surface area contributed by atoms with Crippen LogP contribution >= 0.6 is 15.9 Å². The fraction of sp³-hybridized carbons (Fsp3) is 0.375. The summed E-state index contributed by atoms with van der Waals surface area (Å²) in [5.74, 6) is 0.504. The lowest BCUT2D eigenvalue weighted by Crippen LogP contribution is -2.44. The summed E-state index contributed by atoms with van der Waals surface area (Å²) in [6.07, 6.45) is 0. The first-order chi connectivity index (χ1) is 14.7. The van der Waals surface area contributed by atoms with E-state index >= 15 is 0 Å². The number of para-hydroxylation sites is 2. The highest BCUT2D eigenvalue weighted by Gasteiger charge is 2.25. The third kappa shape index (κ3) is 5.15. The Balaban J connectivity index is 1.92. The number of aromatic nitrogens is 2. The summed E-state index contributed by atoms with van der Waals surface area (Å²) in [5, 5.41) is 3.02. The normalized spacial score (nSPS) is 12.4. The minimum absolute atomic E-state index is 0.0286. The maximum Gasteiger partial charge on any atom is 0.251 e. The SMILES string of the molecule is CC(NC(=O)c1ccc(Br)cc1)c1nc2ccccc2n1CC(=O)N(C(C)C)C(C)C. The van der Waals surface area contributed by atoms with Crippen LogP contribution in [-0.2, 0) is 11.3 Å². The van der Waals surface area contributed by atoms with Crippen molar-refractivity contribution < 1.29 is 9.59 Å². The number of halogens is 1. The second-order valence-electron chi connectivity index (χ2n) is 8.24. The maximum absolute atomic E-state index is 13.2. The van der Waals surface area contributed by atoms with Gasteiger partial charge in [0.1, 0.15) is 12.4 Å². The van der Waals surface area contributed by atoms with E-state index in [1.807, 2.05) is 80.5 Å². The lowest BCUT2D eigenvalue weighted by Gasteiger charge is -2.31. The van der Waals surface area contributed by atoms with Gasteiger partial charge in [-0.2, -0.15) is 0 Å². The van der Waals surface area contributed by atoms with Gasteiger partial charge in [-0.15, -0.1) is 0 Å². The fourth-order valence-electron chi connectivity index (χ4n) is 3.93. The second-order valence-corrected chi connectivity index (χ2v) is 9.15. The maximum atomic E-state index is 13.2. The molecule has 0 saturated carbocycles. The van der Waals surface area contributed by atoms with Gasteiger partial charge in [0.25, 0.3) is 5.91 Å². The summed E-state index contributed by atoms with van der Waals surface area (Å²) < 4.78 is 2.83. The molecule has 0 aliphatic carbocycles. The zero-order valence-electron chi connectivity index (χ0n) is 18.6. The molecule has 0 aliphatic rings. The molecular formula is C24H29BrN4O2. The quantitative estimate of drug-likeness (QED) is 0.516. The van der Waals surface area contributed by atoms with Crippen molar-refractivity contribution in [2.24, 2.45) is 0 Å². The number of benzene rings is 2. The molecule has 0 spiro atoms. The minimum atomic E-state index is -0.372. The molecule has 0 fully saturated rings. The van der Waals surface area contributed by atoms with E-state index in [0.29, 0.717) is 11.4 Å². The lowest BCUT2D eigenvalue weighted by molar-refractivity contribution is -0.135. The molecule has 3 aromatic rings. The van der Waals surface area contributed by atoms with Gasteiger partial charge in [0.15, 0.2) is 0 Å². The number of fused-ring (bicyclic) bond motifs is 1. The molecule has 7 heteroatoms. The van der Waals surface area contributed by atoms with E-state index in [-0.39, 0.29) is 36.5 Å². The van der Waals surface area contributed by atoms with Crippen LogP contribution in [0.4, 0.5) is 0 Å². The predicted molar refractivity (Wildman–Crippen MR) is 127 cm³/mol. The Morgan fingerprint density at radius 2 is 1.61 bits per heavy atom. The molecule has 0 bridgehead atoms. The van der Waals surface area contributed by atoms with Crippen LogP contribution in [0.3, 0.4) is 0 Å². The Kier molecular flexibility index (Phi) is 7.15. The standard InChI is InChI=1S/C24H29BrN4O2/c1-15(2)29(16(3)4)22(30)14-28-21-9-7-6-8-20(21)27-23(28)17(5)26-24(31)18-10-12-19(25)13-11-18/h6-13,15-17H,14H2,1-5H3,(H,26,31). The third-order valence-corrected chi connectivity index (χ3v) is 5.75. The highest BCUT2D eigenvalue weighted by atomic mass is 79.9. The number of hydrogen-bond donors (Lipinski definition) is 1. The van der Waals surface area contributed by atoms with E-state index in [2.05, 4.69) is 21.2 Å². The number of nitrogens with zero attached hydrogens (tertiary/aromatic N) is 3. The number of hydrogen-bond acceptors (Lipinski definition) is 3. The summed E-state index contributed by atoms with van der Waals surface area (Å²) in [6.45, 7) is 10.1. The van der Waals surface area contributed by atoms with Gasteiger partial charge in [-0.1, -0.05) is 28.1 Å². The van der Waals surface area contributed by atoms with Gasteiger partial charge in [-0.05, 0) is 71.0 Å². The molecule has 1 N–H and O–H groups in total. The van der Waals surface area contributed by atoms with Gasteiger partial charge in [-0.3, -0.25) is 9.59 Å². The van der Waals surface area contributed by atoms with E-state index in [1.165, 1.54) is 0 Å². The van der Waals surface area contributed by atoms with Crippen molar-refractivity contribution in [3.63, 3.8) is 0 Å². The van der Waals surface area contributed by atoms with Crippen LogP contribution in [-0.4, -0.2) is 38.3 Å². The topological polar surface area (TPSA) is 67.2 Å². The molecule has 0 aliphatic heterocycles. The van der Waals surface area contributed by atoms with E-state index in [9.17, 15) is 9.59 Å². The zero-order valence-corrected chi connectivity index (χ0v) is 20.2. The fourth-order valence-corrected chi connectivity index (χ4v) is 4.19. The van der Waals surface area contributed by atoms with Crippen LogP contribution in [0.15, 0.2) is 53.0 Å². The molecule has 0 saturated heterocycles. The molecule has 0 radical (unpaired) electrons. The average molecular weight is 485 g/mol. The summed E-state index contributed by atoms with van der Waals surface area (Å²) in [6, 6.07) is 14.8. The van der Waals surface area contributed by atoms with Gasteiger partial charge in [0.05, 0.1) is 17.1 Å². The molecular weight excluding hydrogens is 456 g/mol. The van der Waals surface area contributed by atoms with Crippen LogP contribution in [0, 0.1) is 0 Å². The van der Waals surface area contributed by atoms with E-state index in [1.54, 1.807) is 12.1 Å². The summed E-state index contributed by atoms with van der Waals surface area (Å²) in [4.78, 5) is 32.5. The van der Waals surface area contributed by atoms with Crippen LogP contribution in [0.25, 0.3) is 11.0 Å². The molecule has 2 amide bonds. The molecule has 1 heterocycles. The zero-order chi connectivity index (χ0) is 22.7. The van der Waals surface area contributed by atoms with Crippen molar-refractivity contribution in [2.75, 3.05) is 0 Å². The van der Waals surface area contributed by atoms with E-state index in [0.717, 1.165) is 15.5 Å². The number of amides is 2. The number of rotatable bonds is 7. The van der Waals surface area contributed by atoms with Gasteiger partial charge in [0, 0.05) is 22.1 Å². The van der Waals surface area contributed by atoms with Gasteiger partial charge < -0.3 is 14.8 Å². The minimum Gasteiger partial charge on any atom is -0.342 e. The van der Waals surface area contributed by atoms with Crippen molar-refractivity contribution in [1.82, 2.24) is 19.8 Å². The van der Waals surface area contributed by atoms with Crippen molar-refractivity contribution in [2.45, 2.75) is 59.3 Å². The highest BCUT2D eigenvalue weighted by Crippen LogP contribution is 2.22. The van der Waals surface area contributed by atoms with E-state index < -0.39 is 0 Å². The Morgan fingerprint density at radius 1 is 1.00 bits per heavy atom. The molecule has 164 valence electrons. The lowest BCUT2D eigenvalue weighted by atomic mass is 10.2. The Labute approximate surface area is 191 Å². The number of imidazole rings is 1. The number of carbonyl (C=O) groups is 2. The first-order valence-corrected chi connectivity index (χ1v) is 11.3. The predicted octanol–water partition coefficient (Wildman–Crippen LogP) is 4.94. The summed E-state index contributed by atoms with van der Waals surface area (Å²) in [7, 11) is 0. The van der Waals surface area contributed by atoms with Crippen molar-refractivity contribution in [1.29, 1.82) is 0 Å². The molecule has 3 rings (SSSR count). The number of carbonyl (C=O) groups excluding carboxylic acids is 2.